The molecule has 0 radical (unpaired) electrons. The molecule has 1 aliphatic heterocycles. The molecule has 10 heteroatoms. The highest BCUT2D eigenvalue weighted by Crippen LogP contribution is 2.28. The van der Waals surface area contributed by atoms with E-state index in [0.29, 0.717) is 49.6 Å². The van der Waals surface area contributed by atoms with Crippen molar-refractivity contribution in [2.45, 2.75) is 0 Å². The summed E-state index contributed by atoms with van der Waals surface area (Å²) in [5.74, 6) is -2.54. The predicted molar refractivity (Wildman–Crippen MR) is 140 cm³/mol. The number of benzene rings is 3. The minimum absolute atomic E-state index is 0.0826. The van der Waals surface area contributed by atoms with Crippen molar-refractivity contribution in [1.29, 1.82) is 0 Å². The SMILES string of the molecule is O=C(O)c1cn(-c2ccc(F)cc2)c2cc(N3CCN(C/C(=N/O)c4ccccc4)CC3)c(F)cc2c1=O. The Balaban J connectivity index is 1.46. The van der Waals surface area contributed by atoms with Crippen LogP contribution >= 0.6 is 0 Å². The van der Waals surface area contributed by atoms with Crippen LogP contribution in [0.3, 0.4) is 0 Å². The third-order valence-corrected chi connectivity index (χ3v) is 6.72. The van der Waals surface area contributed by atoms with Crippen LogP contribution in [0.4, 0.5) is 14.5 Å². The summed E-state index contributed by atoms with van der Waals surface area (Å²) in [4.78, 5) is 28.5. The number of rotatable bonds is 6. The van der Waals surface area contributed by atoms with E-state index in [1.807, 2.05) is 35.2 Å². The lowest BCUT2D eigenvalue weighted by Crippen LogP contribution is -2.48. The van der Waals surface area contributed by atoms with Crippen LogP contribution in [0.1, 0.15) is 15.9 Å². The minimum atomic E-state index is -1.44. The molecule has 0 unspecified atom stereocenters. The molecule has 1 saturated heterocycles. The number of nitrogens with zero attached hydrogens (tertiary/aromatic N) is 4. The van der Waals surface area contributed by atoms with Crippen molar-refractivity contribution in [3.63, 3.8) is 0 Å². The van der Waals surface area contributed by atoms with Crippen molar-refractivity contribution in [3.05, 3.63) is 106 Å². The number of hydrogen-bond donors (Lipinski definition) is 2. The molecule has 1 fully saturated rings. The molecule has 194 valence electrons. The van der Waals surface area contributed by atoms with E-state index in [9.17, 15) is 24.3 Å². The predicted octanol–water partition coefficient (Wildman–Crippen LogP) is 3.97. The molecule has 8 nitrogen and oxygen atoms in total. The summed E-state index contributed by atoms with van der Waals surface area (Å²) in [6.45, 7) is 2.53. The summed E-state index contributed by atoms with van der Waals surface area (Å²) in [5, 5.41) is 22.4. The molecule has 3 aromatic carbocycles. The van der Waals surface area contributed by atoms with Gasteiger partial charge in [-0.25, -0.2) is 13.6 Å². The van der Waals surface area contributed by atoms with Crippen LogP contribution in [0.25, 0.3) is 16.6 Å². The van der Waals surface area contributed by atoms with Gasteiger partial charge in [0.05, 0.1) is 11.2 Å². The van der Waals surface area contributed by atoms with Gasteiger partial charge < -0.3 is 19.8 Å². The van der Waals surface area contributed by atoms with Crippen molar-refractivity contribution in [2.24, 2.45) is 5.16 Å². The van der Waals surface area contributed by atoms with Crippen LogP contribution < -0.4 is 10.3 Å². The summed E-state index contributed by atoms with van der Waals surface area (Å²) in [6, 6.07) is 17.3. The lowest BCUT2D eigenvalue weighted by molar-refractivity contribution is 0.0695. The Bertz CT molecular complexity index is 1580. The fourth-order valence-corrected chi connectivity index (χ4v) is 4.71. The Hall–Kier alpha value is -4.57. The Kier molecular flexibility index (Phi) is 6.89. The molecule has 0 saturated carbocycles. The summed E-state index contributed by atoms with van der Waals surface area (Å²) < 4.78 is 30.3. The van der Waals surface area contributed by atoms with Crippen LogP contribution in [0, 0.1) is 11.6 Å². The van der Waals surface area contributed by atoms with Crippen LogP contribution in [0.2, 0.25) is 0 Å². The fraction of sp³-hybridized carbons (Fsp3) is 0.179. The third-order valence-electron chi connectivity index (χ3n) is 6.72. The molecule has 0 spiro atoms. The van der Waals surface area contributed by atoms with Crippen molar-refractivity contribution in [2.75, 3.05) is 37.6 Å². The number of hydrogen-bond acceptors (Lipinski definition) is 6. The molecule has 4 aromatic rings. The number of carboxylic acid groups (broad SMARTS) is 1. The monoisotopic (exact) mass is 518 g/mol. The zero-order valence-electron chi connectivity index (χ0n) is 20.2. The molecule has 5 rings (SSSR count). The van der Waals surface area contributed by atoms with E-state index in [1.54, 1.807) is 0 Å². The third kappa shape index (κ3) is 4.85. The number of carbonyl (C=O) groups is 1. The lowest BCUT2D eigenvalue weighted by Gasteiger charge is -2.36. The van der Waals surface area contributed by atoms with Gasteiger partial charge >= 0.3 is 5.97 Å². The Morgan fingerprint density at radius 2 is 1.63 bits per heavy atom. The molecule has 2 N–H and O–H groups in total. The smallest absolute Gasteiger partial charge is 0.341 e. The number of fused-ring (bicyclic) bond motifs is 1. The normalized spacial score (nSPS) is 14.7. The number of aromatic nitrogens is 1. The van der Waals surface area contributed by atoms with E-state index in [-0.39, 0.29) is 11.1 Å². The van der Waals surface area contributed by atoms with Gasteiger partial charge in [0.15, 0.2) is 0 Å². The van der Waals surface area contributed by atoms with Crippen molar-refractivity contribution in [3.8, 4) is 5.69 Å². The highest BCUT2D eigenvalue weighted by Gasteiger charge is 2.24. The standard InChI is InChI=1S/C28H24F2N4O4/c29-19-6-8-20(9-7-19)34-16-22(28(36)37)27(35)21-14-23(30)26(15-25(21)34)33-12-10-32(11-13-33)17-24(31-38)18-4-2-1-3-5-18/h1-9,14-16,38H,10-13,17H2,(H,36,37)/b31-24-. The average molecular weight is 519 g/mol. The second-order valence-corrected chi connectivity index (χ2v) is 9.02. The number of aromatic carboxylic acids is 1. The Labute approximate surface area is 216 Å². The quantitative estimate of drug-likeness (QED) is 0.228. The molecule has 2 heterocycles. The van der Waals surface area contributed by atoms with Crippen molar-refractivity contribution >= 4 is 28.3 Å². The summed E-state index contributed by atoms with van der Waals surface area (Å²) in [7, 11) is 0. The topological polar surface area (TPSA) is 98.4 Å². The second kappa shape index (κ2) is 10.4. The highest BCUT2D eigenvalue weighted by atomic mass is 19.1. The van der Waals surface area contributed by atoms with Gasteiger partial charge in [-0.2, -0.15) is 0 Å². The molecule has 38 heavy (non-hydrogen) atoms. The van der Waals surface area contributed by atoms with Gasteiger partial charge in [0.2, 0.25) is 5.43 Å². The van der Waals surface area contributed by atoms with E-state index in [2.05, 4.69) is 10.1 Å². The molecule has 1 aromatic heterocycles. The number of carboxylic acids is 1. The zero-order chi connectivity index (χ0) is 26.8. The number of piperazine rings is 1. The van der Waals surface area contributed by atoms with Gasteiger partial charge in [-0.05, 0) is 36.4 Å². The lowest BCUT2D eigenvalue weighted by atomic mass is 10.1. The molecule has 0 atom stereocenters. The maximum absolute atomic E-state index is 15.3. The van der Waals surface area contributed by atoms with Crippen LogP contribution in [0.5, 0.6) is 0 Å². The molecule has 0 bridgehead atoms. The van der Waals surface area contributed by atoms with E-state index in [0.717, 1.165) is 11.6 Å². The maximum atomic E-state index is 15.3. The first-order valence-electron chi connectivity index (χ1n) is 12.0. The minimum Gasteiger partial charge on any atom is -0.477 e. The van der Waals surface area contributed by atoms with Crippen molar-refractivity contribution in [1.82, 2.24) is 9.47 Å². The van der Waals surface area contributed by atoms with E-state index in [1.165, 1.54) is 41.1 Å². The Morgan fingerprint density at radius 1 is 0.947 bits per heavy atom. The fourth-order valence-electron chi connectivity index (χ4n) is 4.71. The molecular weight excluding hydrogens is 494 g/mol. The molecular formula is C28H24F2N4O4. The highest BCUT2D eigenvalue weighted by molar-refractivity contribution is 6.01. The maximum Gasteiger partial charge on any atom is 0.341 e. The Morgan fingerprint density at radius 3 is 2.26 bits per heavy atom. The van der Waals surface area contributed by atoms with Crippen LogP contribution in [-0.2, 0) is 0 Å². The first-order chi connectivity index (χ1) is 18.4. The molecule has 0 aliphatic carbocycles. The van der Waals surface area contributed by atoms with E-state index in [4.69, 9.17) is 0 Å². The van der Waals surface area contributed by atoms with Gasteiger partial charge in [-0.3, -0.25) is 9.69 Å². The number of pyridine rings is 1. The van der Waals surface area contributed by atoms with Crippen molar-refractivity contribution < 1.29 is 23.9 Å². The van der Waals surface area contributed by atoms with Gasteiger partial charge in [-0.15, -0.1) is 0 Å². The number of oxime groups is 1. The average Bonchev–Trinajstić information content (AvgIpc) is 2.93. The van der Waals surface area contributed by atoms with E-state index >= 15 is 4.39 Å². The second-order valence-electron chi connectivity index (χ2n) is 9.02. The number of anilines is 1. The van der Waals surface area contributed by atoms with Gasteiger partial charge in [0, 0.05) is 55.6 Å². The number of halogens is 2. The summed E-state index contributed by atoms with van der Waals surface area (Å²) in [5.41, 5.74) is 1.06. The molecule has 0 amide bonds. The summed E-state index contributed by atoms with van der Waals surface area (Å²) >= 11 is 0. The first kappa shape index (κ1) is 25.1. The van der Waals surface area contributed by atoms with Gasteiger partial charge in [0.25, 0.3) is 0 Å². The van der Waals surface area contributed by atoms with Crippen LogP contribution in [0.15, 0.2) is 82.9 Å². The first-order valence-corrected chi connectivity index (χ1v) is 12.0. The molecule has 1 aliphatic rings. The summed E-state index contributed by atoms with van der Waals surface area (Å²) in [6.07, 6.45) is 1.18. The largest absolute Gasteiger partial charge is 0.477 e. The van der Waals surface area contributed by atoms with Crippen LogP contribution in [-0.4, -0.2) is 64.2 Å². The van der Waals surface area contributed by atoms with E-state index < -0.39 is 28.6 Å². The van der Waals surface area contributed by atoms with Gasteiger partial charge in [0.1, 0.15) is 22.9 Å². The van der Waals surface area contributed by atoms with Gasteiger partial charge in [-0.1, -0.05) is 35.5 Å². The zero-order valence-corrected chi connectivity index (χ0v) is 20.2.